The molecule has 0 spiro atoms. The maximum Gasteiger partial charge on any atom is 0.255 e. The zero-order valence-corrected chi connectivity index (χ0v) is 18.3. The molecule has 0 aromatic heterocycles. The van der Waals surface area contributed by atoms with Crippen molar-refractivity contribution >= 4 is 11.8 Å². The van der Waals surface area contributed by atoms with E-state index in [-0.39, 0.29) is 29.8 Å². The number of carbonyl (C=O) groups excluding carboxylic acids is 2. The monoisotopic (exact) mass is 424 g/mol. The summed E-state index contributed by atoms with van der Waals surface area (Å²) in [5.41, 5.74) is 0.496. The van der Waals surface area contributed by atoms with Gasteiger partial charge in [0.15, 0.2) is 0 Å². The first-order valence-electron chi connectivity index (χ1n) is 11.0. The number of para-hydroxylation sites is 2. The van der Waals surface area contributed by atoms with E-state index < -0.39 is 0 Å². The van der Waals surface area contributed by atoms with Crippen LogP contribution in [0.3, 0.4) is 0 Å². The van der Waals surface area contributed by atoms with Gasteiger partial charge in [-0.3, -0.25) is 9.59 Å². The summed E-state index contributed by atoms with van der Waals surface area (Å²) in [5, 5.41) is 6.08. The van der Waals surface area contributed by atoms with Crippen LogP contribution in [0.4, 0.5) is 0 Å². The molecule has 1 aliphatic rings. The molecule has 6 heteroatoms. The molecule has 2 N–H and O–H groups in total. The molecule has 2 amide bonds. The van der Waals surface area contributed by atoms with Crippen molar-refractivity contribution in [3.05, 3.63) is 60.2 Å². The SMILES string of the molecule is CC(C)NC(=O)C1CCCC(NC(=O)c2ccccc2OCCOc2ccccc2)C1. The van der Waals surface area contributed by atoms with Crippen molar-refractivity contribution in [1.82, 2.24) is 10.6 Å². The van der Waals surface area contributed by atoms with Gasteiger partial charge < -0.3 is 20.1 Å². The van der Waals surface area contributed by atoms with Gasteiger partial charge in [0.05, 0.1) is 5.56 Å². The third-order valence-electron chi connectivity index (χ3n) is 5.30. The zero-order valence-electron chi connectivity index (χ0n) is 18.3. The summed E-state index contributed by atoms with van der Waals surface area (Å²) in [7, 11) is 0. The van der Waals surface area contributed by atoms with Crippen LogP contribution >= 0.6 is 0 Å². The maximum atomic E-state index is 12.9. The Balaban J connectivity index is 1.52. The Morgan fingerprint density at radius 2 is 1.68 bits per heavy atom. The van der Waals surface area contributed by atoms with E-state index in [2.05, 4.69) is 10.6 Å². The number of nitrogens with one attached hydrogen (secondary N) is 2. The predicted molar refractivity (Wildman–Crippen MR) is 120 cm³/mol. The summed E-state index contributed by atoms with van der Waals surface area (Å²) in [5.74, 6) is 1.17. The fourth-order valence-electron chi connectivity index (χ4n) is 3.83. The van der Waals surface area contributed by atoms with E-state index in [0.717, 1.165) is 25.0 Å². The third-order valence-corrected chi connectivity index (χ3v) is 5.30. The Morgan fingerprint density at radius 1 is 0.968 bits per heavy atom. The summed E-state index contributed by atoms with van der Waals surface area (Å²) < 4.78 is 11.5. The first-order chi connectivity index (χ1) is 15.0. The van der Waals surface area contributed by atoms with Crippen molar-refractivity contribution in [3.63, 3.8) is 0 Å². The summed E-state index contributed by atoms with van der Waals surface area (Å²) in [4.78, 5) is 25.3. The summed E-state index contributed by atoms with van der Waals surface area (Å²) >= 11 is 0. The molecule has 166 valence electrons. The van der Waals surface area contributed by atoms with Crippen molar-refractivity contribution in [1.29, 1.82) is 0 Å². The quantitative estimate of drug-likeness (QED) is 0.598. The van der Waals surface area contributed by atoms with Crippen LogP contribution in [0, 0.1) is 5.92 Å². The molecule has 2 unspecified atom stereocenters. The van der Waals surface area contributed by atoms with Crippen LogP contribution < -0.4 is 20.1 Å². The normalized spacial score (nSPS) is 18.3. The highest BCUT2D eigenvalue weighted by Gasteiger charge is 2.29. The average molecular weight is 425 g/mol. The third kappa shape index (κ3) is 7.02. The Morgan fingerprint density at radius 3 is 2.45 bits per heavy atom. The Hall–Kier alpha value is -3.02. The molecule has 1 fully saturated rings. The highest BCUT2D eigenvalue weighted by atomic mass is 16.5. The predicted octanol–water partition coefficient (Wildman–Crippen LogP) is 3.96. The number of benzene rings is 2. The van der Waals surface area contributed by atoms with Crippen LogP contribution in [0.2, 0.25) is 0 Å². The molecule has 2 aromatic carbocycles. The molecule has 0 heterocycles. The van der Waals surface area contributed by atoms with Crippen LogP contribution in [0.5, 0.6) is 11.5 Å². The number of ether oxygens (including phenoxy) is 2. The largest absolute Gasteiger partial charge is 0.490 e. The Bertz CT molecular complexity index is 854. The first-order valence-corrected chi connectivity index (χ1v) is 11.0. The zero-order chi connectivity index (χ0) is 22.1. The van der Waals surface area contributed by atoms with Gasteiger partial charge in [0.2, 0.25) is 5.91 Å². The second-order valence-corrected chi connectivity index (χ2v) is 8.20. The van der Waals surface area contributed by atoms with Gasteiger partial charge in [0.25, 0.3) is 5.91 Å². The van der Waals surface area contributed by atoms with Gasteiger partial charge in [-0.1, -0.05) is 36.8 Å². The summed E-state index contributed by atoms with van der Waals surface area (Å²) in [6.45, 7) is 4.64. The minimum absolute atomic E-state index is 0.0152. The second-order valence-electron chi connectivity index (χ2n) is 8.20. The lowest BCUT2D eigenvalue weighted by Crippen LogP contribution is -2.43. The molecule has 0 saturated heterocycles. The van der Waals surface area contributed by atoms with Gasteiger partial charge in [-0.05, 0) is 57.4 Å². The van der Waals surface area contributed by atoms with Crippen molar-refractivity contribution < 1.29 is 19.1 Å². The molecule has 1 aliphatic carbocycles. The van der Waals surface area contributed by atoms with Gasteiger partial charge in [-0.15, -0.1) is 0 Å². The minimum Gasteiger partial charge on any atom is -0.490 e. The number of hydrogen-bond acceptors (Lipinski definition) is 4. The Labute approximate surface area is 184 Å². The van der Waals surface area contributed by atoms with Crippen LogP contribution in [0.25, 0.3) is 0 Å². The van der Waals surface area contributed by atoms with Crippen LogP contribution in [0.15, 0.2) is 54.6 Å². The fraction of sp³-hybridized carbons (Fsp3) is 0.440. The van der Waals surface area contributed by atoms with Gasteiger partial charge >= 0.3 is 0 Å². The lowest BCUT2D eigenvalue weighted by Gasteiger charge is -2.29. The number of amides is 2. The topological polar surface area (TPSA) is 76.7 Å². The summed E-state index contributed by atoms with van der Waals surface area (Å²) in [6, 6.07) is 16.9. The molecule has 0 radical (unpaired) electrons. The molecule has 3 rings (SSSR count). The van der Waals surface area contributed by atoms with Crippen molar-refractivity contribution in [3.8, 4) is 11.5 Å². The second kappa shape index (κ2) is 11.4. The number of rotatable bonds is 9. The van der Waals surface area contributed by atoms with E-state index >= 15 is 0 Å². The van der Waals surface area contributed by atoms with Crippen molar-refractivity contribution in [2.45, 2.75) is 51.6 Å². The van der Waals surface area contributed by atoms with Gasteiger partial charge in [0.1, 0.15) is 24.7 Å². The molecule has 1 saturated carbocycles. The van der Waals surface area contributed by atoms with Crippen LogP contribution in [0.1, 0.15) is 49.9 Å². The summed E-state index contributed by atoms with van der Waals surface area (Å²) in [6.07, 6.45) is 3.34. The average Bonchev–Trinajstić information content (AvgIpc) is 2.77. The van der Waals surface area contributed by atoms with E-state index in [1.165, 1.54) is 0 Å². The van der Waals surface area contributed by atoms with E-state index in [4.69, 9.17) is 9.47 Å². The highest BCUT2D eigenvalue weighted by Crippen LogP contribution is 2.26. The molecular formula is C25H32N2O4. The van der Waals surface area contributed by atoms with Crippen LogP contribution in [-0.2, 0) is 4.79 Å². The van der Waals surface area contributed by atoms with E-state index in [1.54, 1.807) is 12.1 Å². The molecule has 2 aromatic rings. The lowest BCUT2D eigenvalue weighted by atomic mass is 9.85. The highest BCUT2D eigenvalue weighted by molar-refractivity contribution is 5.97. The molecular weight excluding hydrogens is 392 g/mol. The van der Waals surface area contributed by atoms with Crippen molar-refractivity contribution in [2.75, 3.05) is 13.2 Å². The number of carbonyl (C=O) groups is 2. The van der Waals surface area contributed by atoms with E-state index in [1.807, 2.05) is 56.3 Å². The molecule has 6 nitrogen and oxygen atoms in total. The minimum atomic E-state index is -0.172. The van der Waals surface area contributed by atoms with E-state index in [0.29, 0.717) is 30.9 Å². The van der Waals surface area contributed by atoms with E-state index in [9.17, 15) is 9.59 Å². The van der Waals surface area contributed by atoms with Gasteiger partial charge in [-0.2, -0.15) is 0 Å². The molecule has 31 heavy (non-hydrogen) atoms. The standard InChI is InChI=1S/C25H32N2O4/c1-18(2)26-24(28)19-9-8-10-20(17-19)27-25(29)22-13-6-7-14-23(22)31-16-15-30-21-11-4-3-5-12-21/h3-7,11-14,18-20H,8-10,15-17H2,1-2H3,(H,26,28)(H,27,29). The molecule has 0 bridgehead atoms. The first kappa shape index (κ1) is 22.7. The Kier molecular flexibility index (Phi) is 8.33. The van der Waals surface area contributed by atoms with Gasteiger partial charge in [-0.25, -0.2) is 0 Å². The van der Waals surface area contributed by atoms with Crippen molar-refractivity contribution in [2.24, 2.45) is 5.92 Å². The smallest absolute Gasteiger partial charge is 0.255 e. The fourth-order valence-corrected chi connectivity index (χ4v) is 3.83. The van der Waals surface area contributed by atoms with Crippen LogP contribution in [-0.4, -0.2) is 37.1 Å². The maximum absolute atomic E-state index is 12.9. The lowest BCUT2D eigenvalue weighted by molar-refractivity contribution is -0.126. The number of hydrogen-bond donors (Lipinski definition) is 2. The molecule has 2 atom stereocenters. The van der Waals surface area contributed by atoms with Gasteiger partial charge in [0, 0.05) is 18.0 Å². The molecule has 0 aliphatic heterocycles.